The van der Waals surface area contributed by atoms with Gasteiger partial charge >= 0.3 is 0 Å². The number of aliphatic hydroxyl groups excluding tert-OH is 1. The number of aliphatic hydroxyl groups is 1. The molecule has 0 radical (unpaired) electrons. The summed E-state index contributed by atoms with van der Waals surface area (Å²) in [5.41, 5.74) is 2.12. The minimum Gasteiger partial charge on any atom is -0.469 e. The largest absolute Gasteiger partial charge is 0.469 e. The van der Waals surface area contributed by atoms with Gasteiger partial charge in [0.05, 0.1) is 41.5 Å². The maximum atomic E-state index is 12.9. The van der Waals surface area contributed by atoms with Crippen molar-refractivity contribution >= 4 is 0 Å². The van der Waals surface area contributed by atoms with Crippen molar-refractivity contribution in [2.24, 2.45) is 40.4 Å². The quantitative estimate of drug-likeness (QED) is 0.368. The Bertz CT molecular complexity index is 1110. The van der Waals surface area contributed by atoms with Gasteiger partial charge in [-0.15, -0.1) is 0 Å². The molecule has 9 unspecified atom stereocenters. The van der Waals surface area contributed by atoms with Crippen LogP contribution >= 0.6 is 0 Å². The van der Waals surface area contributed by atoms with Crippen LogP contribution in [0.1, 0.15) is 107 Å². The summed E-state index contributed by atoms with van der Waals surface area (Å²) in [6, 6.07) is 0. The van der Waals surface area contributed by atoms with Gasteiger partial charge in [0.2, 0.25) is 0 Å². The first kappa shape index (κ1) is 29.9. The summed E-state index contributed by atoms with van der Waals surface area (Å²) in [4.78, 5) is 0. The summed E-state index contributed by atoms with van der Waals surface area (Å²) in [6.45, 7) is 28.0. The van der Waals surface area contributed by atoms with Gasteiger partial charge in [-0.05, 0) is 92.8 Å². The van der Waals surface area contributed by atoms with E-state index in [1.807, 2.05) is 0 Å². The normalized spacial score (nSPS) is 43.2. The lowest BCUT2D eigenvalue weighted by molar-refractivity contribution is -0.243. The van der Waals surface area contributed by atoms with Crippen LogP contribution in [0.15, 0.2) is 35.6 Å². The highest BCUT2D eigenvalue weighted by molar-refractivity contribution is 5.47. The van der Waals surface area contributed by atoms with Gasteiger partial charge in [-0.25, -0.2) is 0 Å². The Morgan fingerprint density at radius 3 is 2.37 bits per heavy atom. The van der Waals surface area contributed by atoms with E-state index < -0.39 is 23.2 Å². The van der Waals surface area contributed by atoms with Crippen LogP contribution in [-0.2, 0) is 18.9 Å². The Kier molecular flexibility index (Phi) is 7.25. The molecule has 0 aromatic rings. The summed E-state index contributed by atoms with van der Waals surface area (Å²) in [7, 11) is 0. The SMILES string of the molecule is C=C1C(=C)C23C(C)CCC1C2OC1(CCC1)C(C)(C)OC3C(O)C1C(C)C2=C(CCC(OCC(C)C)O2)CC1(C)C. The summed E-state index contributed by atoms with van der Waals surface area (Å²) < 4.78 is 27.5. The van der Waals surface area contributed by atoms with Gasteiger partial charge in [0.1, 0.15) is 5.76 Å². The van der Waals surface area contributed by atoms with E-state index in [0.717, 1.165) is 68.3 Å². The molecule has 6 rings (SSSR count). The lowest BCUT2D eigenvalue weighted by Gasteiger charge is -2.55. The third kappa shape index (κ3) is 4.22. The molecule has 9 atom stereocenters. The van der Waals surface area contributed by atoms with E-state index in [0.29, 0.717) is 12.5 Å². The zero-order valence-corrected chi connectivity index (χ0v) is 27.1. The van der Waals surface area contributed by atoms with Crippen molar-refractivity contribution in [1.82, 2.24) is 0 Å². The fourth-order valence-electron chi connectivity index (χ4n) is 10.2. The lowest BCUT2D eigenvalue weighted by atomic mass is 9.55. The maximum Gasteiger partial charge on any atom is 0.199 e. The van der Waals surface area contributed by atoms with Gasteiger partial charge in [0.25, 0.3) is 0 Å². The van der Waals surface area contributed by atoms with Crippen molar-refractivity contribution in [3.8, 4) is 0 Å². The van der Waals surface area contributed by atoms with Crippen LogP contribution in [0.5, 0.6) is 0 Å². The first-order chi connectivity index (χ1) is 19.2. The molecular formula is C36H56O5. The smallest absolute Gasteiger partial charge is 0.199 e. The molecule has 0 amide bonds. The molecule has 5 heteroatoms. The molecule has 6 aliphatic rings. The lowest BCUT2D eigenvalue weighted by Crippen LogP contribution is -2.61. The molecule has 41 heavy (non-hydrogen) atoms. The van der Waals surface area contributed by atoms with Crippen LogP contribution in [-0.4, -0.2) is 47.5 Å². The number of hydrogen-bond acceptors (Lipinski definition) is 5. The average molecular weight is 569 g/mol. The van der Waals surface area contributed by atoms with Gasteiger partial charge in [0, 0.05) is 24.2 Å². The fraction of sp³-hybridized carbons (Fsp3) is 0.833. The number of allylic oxidation sites excluding steroid dienone is 2. The van der Waals surface area contributed by atoms with Crippen LogP contribution in [0.25, 0.3) is 0 Å². The van der Waals surface area contributed by atoms with E-state index in [4.69, 9.17) is 25.5 Å². The Morgan fingerprint density at radius 2 is 1.73 bits per heavy atom. The van der Waals surface area contributed by atoms with E-state index in [1.54, 1.807) is 0 Å². The Hall–Kier alpha value is -1.14. The zero-order valence-electron chi connectivity index (χ0n) is 27.1. The summed E-state index contributed by atoms with van der Waals surface area (Å²) in [5, 5.41) is 12.9. The molecule has 2 heterocycles. The van der Waals surface area contributed by atoms with Crippen molar-refractivity contribution in [1.29, 1.82) is 0 Å². The average Bonchev–Trinajstić information content (AvgIpc) is 2.94. The van der Waals surface area contributed by atoms with Crippen LogP contribution in [0.3, 0.4) is 0 Å². The number of ether oxygens (including phenoxy) is 4. The molecule has 230 valence electrons. The van der Waals surface area contributed by atoms with Crippen molar-refractivity contribution in [2.45, 2.75) is 143 Å². The molecule has 4 fully saturated rings. The second kappa shape index (κ2) is 9.94. The molecule has 3 saturated carbocycles. The van der Waals surface area contributed by atoms with Gasteiger partial charge < -0.3 is 24.1 Å². The van der Waals surface area contributed by atoms with Gasteiger partial charge in [-0.2, -0.15) is 0 Å². The molecule has 5 nitrogen and oxygen atoms in total. The standard InChI is InChI=1S/C36H56O5/c1-20(2)19-38-27-15-13-25-18-33(7,8)28(23(5)30(25)39-27)29(37)32-36-21(3)12-14-26(22(4)24(36)6)31(36)41-35(16-11-17-35)34(9,10)40-32/h20-21,23,26-29,31-32,37H,4,6,11-19H2,1-3,5,7-10H3. The van der Waals surface area contributed by atoms with Crippen molar-refractivity contribution in [3.63, 3.8) is 0 Å². The molecule has 0 aromatic heterocycles. The van der Waals surface area contributed by atoms with Gasteiger partial charge in [0.15, 0.2) is 6.29 Å². The fourth-order valence-corrected chi connectivity index (χ4v) is 10.2. The minimum absolute atomic E-state index is 0.0464. The summed E-state index contributed by atoms with van der Waals surface area (Å²) in [6.07, 6.45) is 6.71. The zero-order chi connectivity index (χ0) is 29.7. The van der Waals surface area contributed by atoms with Crippen LogP contribution in [0, 0.1) is 40.4 Å². The minimum atomic E-state index is -0.709. The highest BCUT2D eigenvalue weighted by Gasteiger charge is 2.71. The second-order valence-corrected chi connectivity index (χ2v) is 16.2. The molecule has 0 aromatic carbocycles. The molecule has 2 aliphatic heterocycles. The summed E-state index contributed by atoms with van der Waals surface area (Å²) >= 11 is 0. The molecule has 1 saturated heterocycles. The predicted octanol–water partition coefficient (Wildman–Crippen LogP) is 7.74. The molecule has 1 N–H and O–H groups in total. The third-order valence-electron chi connectivity index (χ3n) is 12.5. The maximum absolute atomic E-state index is 12.9. The predicted molar refractivity (Wildman–Crippen MR) is 162 cm³/mol. The first-order valence-corrected chi connectivity index (χ1v) is 16.6. The van der Waals surface area contributed by atoms with Crippen molar-refractivity contribution in [2.75, 3.05) is 6.61 Å². The summed E-state index contributed by atoms with van der Waals surface area (Å²) in [5.74, 6) is 2.03. The molecular weight excluding hydrogens is 512 g/mol. The second-order valence-electron chi connectivity index (χ2n) is 16.2. The van der Waals surface area contributed by atoms with E-state index in [2.05, 4.69) is 62.0 Å². The Labute approximate surface area is 249 Å². The highest BCUT2D eigenvalue weighted by atomic mass is 16.7. The van der Waals surface area contributed by atoms with Crippen LogP contribution < -0.4 is 0 Å². The number of rotatable bonds is 5. The van der Waals surface area contributed by atoms with Crippen LogP contribution in [0.4, 0.5) is 0 Å². The first-order valence-electron chi connectivity index (χ1n) is 16.6. The van der Waals surface area contributed by atoms with E-state index in [-0.39, 0.29) is 47.1 Å². The third-order valence-corrected chi connectivity index (χ3v) is 12.5. The van der Waals surface area contributed by atoms with Crippen molar-refractivity contribution in [3.05, 3.63) is 35.6 Å². The monoisotopic (exact) mass is 568 g/mol. The molecule has 4 aliphatic carbocycles. The number of hydrogen-bond donors (Lipinski definition) is 1. The van der Waals surface area contributed by atoms with Crippen molar-refractivity contribution < 1.29 is 24.1 Å². The topological polar surface area (TPSA) is 57.2 Å². The van der Waals surface area contributed by atoms with Gasteiger partial charge in [-0.1, -0.05) is 54.7 Å². The molecule has 1 spiro atoms. The van der Waals surface area contributed by atoms with E-state index >= 15 is 0 Å². The van der Waals surface area contributed by atoms with E-state index in [9.17, 15) is 5.11 Å². The van der Waals surface area contributed by atoms with Crippen LogP contribution in [0.2, 0.25) is 0 Å². The van der Waals surface area contributed by atoms with Gasteiger partial charge in [-0.3, -0.25) is 0 Å². The Balaban J connectivity index is 1.40. The molecule has 2 bridgehead atoms. The van der Waals surface area contributed by atoms with E-state index in [1.165, 1.54) is 5.57 Å². The Morgan fingerprint density at radius 1 is 1.02 bits per heavy atom. The highest BCUT2D eigenvalue weighted by Crippen LogP contribution is 2.68.